The second-order valence-electron chi connectivity index (χ2n) is 6.59. The summed E-state index contributed by atoms with van der Waals surface area (Å²) in [5, 5.41) is 3.97. The van der Waals surface area contributed by atoms with E-state index < -0.39 is 12.2 Å². The summed E-state index contributed by atoms with van der Waals surface area (Å²) in [6, 6.07) is 8.05. The predicted molar refractivity (Wildman–Crippen MR) is 107 cm³/mol. The molecule has 2 aromatic carbocycles. The van der Waals surface area contributed by atoms with Gasteiger partial charge in [0.1, 0.15) is 11.8 Å². The number of thiophene rings is 1. The number of nitrogens with two attached hydrogens (primary N) is 1. The number of aromatic nitrogens is 1. The van der Waals surface area contributed by atoms with Crippen molar-refractivity contribution in [1.82, 2.24) is 4.98 Å². The molecule has 0 aliphatic carbocycles. The average molecular weight is 402 g/mol. The number of hydrogen-bond acceptors (Lipinski definition) is 4. The monoisotopic (exact) mass is 402 g/mol. The fourth-order valence-corrected chi connectivity index (χ4v) is 4.21. The molecule has 144 valence electrons. The molecule has 0 saturated carbocycles. The van der Waals surface area contributed by atoms with Crippen LogP contribution in [0.5, 0.6) is 5.75 Å². The SMILES string of the molecule is COc1cc(C)c2ncc3sccc3c2c1-c1ccc(C(N)C(F)(F)F)cc1. The van der Waals surface area contributed by atoms with Gasteiger partial charge in [0.2, 0.25) is 0 Å². The maximum absolute atomic E-state index is 12.9. The Kier molecular flexibility index (Phi) is 4.51. The van der Waals surface area contributed by atoms with Crippen molar-refractivity contribution in [2.24, 2.45) is 5.73 Å². The standard InChI is InChI=1S/C21H17F3N2OS/c1-11-9-15(27-2)17(18-14-7-8-28-16(14)10-26-19(11)18)12-3-5-13(6-4-12)20(25)21(22,23)24/h3-10,20H,25H2,1-2H3. The number of rotatable bonds is 3. The number of aryl methyl sites for hydroxylation is 1. The molecule has 1 atom stereocenters. The van der Waals surface area contributed by atoms with E-state index in [0.29, 0.717) is 5.75 Å². The lowest BCUT2D eigenvalue weighted by Gasteiger charge is -2.18. The molecular formula is C21H17F3N2OS. The van der Waals surface area contributed by atoms with E-state index in [0.717, 1.165) is 37.7 Å². The fraction of sp³-hybridized carbons (Fsp3) is 0.190. The summed E-state index contributed by atoms with van der Waals surface area (Å²) < 4.78 is 45.4. The van der Waals surface area contributed by atoms with Crippen molar-refractivity contribution in [3.05, 3.63) is 59.1 Å². The van der Waals surface area contributed by atoms with Crippen molar-refractivity contribution in [2.45, 2.75) is 19.1 Å². The number of nitrogens with zero attached hydrogens (tertiary/aromatic N) is 1. The van der Waals surface area contributed by atoms with Crippen molar-refractivity contribution >= 4 is 32.3 Å². The van der Waals surface area contributed by atoms with Gasteiger partial charge in [0, 0.05) is 22.5 Å². The Hall–Kier alpha value is -2.64. The van der Waals surface area contributed by atoms with Crippen LogP contribution < -0.4 is 10.5 Å². The van der Waals surface area contributed by atoms with E-state index in [2.05, 4.69) is 4.98 Å². The number of halogens is 3. The van der Waals surface area contributed by atoms with Crippen LogP contribution >= 0.6 is 11.3 Å². The zero-order valence-electron chi connectivity index (χ0n) is 15.2. The molecule has 2 heterocycles. The summed E-state index contributed by atoms with van der Waals surface area (Å²) in [6.45, 7) is 1.96. The minimum Gasteiger partial charge on any atom is -0.496 e. The molecule has 4 aromatic rings. The lowest BCUT2D eigenvalue weighted by Crippen LogP contribution is -2.28. The average Bonchev–Trinajstić information content (AvgIpc) is 3.15. The summed E-state index contributed by atoms with van der Waals surface area (Å²) in [6.07, 6.45) is -2.64. The van der Waals surface area contributed by atoms with Gasteiger partial charge < -0.3 is 10.5 Å². The minimum atomic E-state index is -4.48. The molecular weight excluding hydrogens is 385 g/mol. The molecule has 0 aliphatic rings. The number of pyridine rings is 1. The van der Waals surface area contributed by atoms with Crippen LogP contribution in [-0.4, -0.2) is 18.3 Å². The lowest BCUT2D eigenvalue weighted by molar-refractivity contribution is -0.149. The molecule has 0 saturated heterocycles. The Morgan fingerprint density at radius 1 is 1.14 bits per heavy atom. The van der Waals surface area contributed by atoms with Crippen molar-refractivity contribution in [2.75, 3.05) is 7.11 Å². The molecule has 2 aromatic heterocycles. The zero-order valence-corrected chi connectivity index (χ0v) is 16.0. The van der Waals surface area contributed by atoms with Crippen LogP contribution in [0, 0.1) is 6.92 Å². The van der Waals surface area contributed by atoms with Crippen LogP contribution in [-0.2, 0) is 0 Å². The predicted octanol–water partition coefficient (Wildman–Crippen LogP) is 6.00. The van der Waals surface area contributed by atoms with E-state index in [1.165, 1.54) is 12.1 Å². The summed E-state index contributed by atoms with van der Waals surface area (Å²) in [4.78, 5) is 4.61. The smallest absolute Gasteiger partial charge is 0.407 e. The van der Waals surface area contributed by atoms with Gasteiger partial charge in [-0.2, -0.15) is 13.2 Å². The maximum Gasteiger partial charge on any atom is 0.407 e. The van der Waals surface area contributed by atoms with E-state index in [-0.39, 0.29) is 5.56 Å². The molecule has 0 spiro atoms. The van der Waals surface area contributed by atoms with E-state index in [9.17, 15) is 13.2 Å². The number of benzene rings is 2. The highest BCUT2D eigenvalue weighted by Gasteiger charge is 2.37. The number of alkyl halides is 3. The minimum absolute atomic E-state index is 0.0189. The van der Waals surface area contributed by atoms with Gasteiger partial charge in [0.05, 0.1) is 17.3 Å². The first-order valence-electron chi connectivity index (χ1n) is 8.57. The second-order valence-corrected chi connectivity index (χ2v) is 7.54. The van der Waals surface area contributed by atoms with E-state index in [1.54, 1.807) is 30.6 Å². The van der Waals surface area contributed by atoms with Gasteiger partial charge in [-0.25, -0.2) is 0 Å². The third-order valence-electron chi connectivity index (χ3n) is 4.86. The van der Waals surface area contributed by atoms with Crippen molar-refractivity contribution in [3.63, 3.8) is 0 Å². The molecule has 0 radical (unpaired) electrons. The van der Waals surface area contributed by atoms with Gasteiger partial charge in [-0.1, -0.05) is 24.3 Å². The first-order chi connectivity index (χ1) is 13.3. The second kappa shape index (κ2) is 6.76. The highest BCUT2D eigenvalue weighted by Crippen LogP contribution is 2.43. The highest BCUT2D eigenvalue weighted by molar-refractivity contribution is 7.17. The fourth-order valence-electron chi connectivity index (χ4n) is 3.45. The lowest BCUT2D eigenvalue weighted by atomic mass is 9.94. The van der Waals surface area contributed by atoms with Gasteiger partial charge in [0.25, 0.3) is 0 Å². The molecule has 3 nitrogen and oxygen atoms in total. The Labute approximate surface area is 163 Å². The molecule has 1 unspecified atom stereocenters. The van der Waals surface area contributed by atoms with Crippen LogP contribution in [0.25, 0.3) is 32.1 Å². The number of fused-ring (bicyclic) bond motifs is 3. The summed E-state index contributed by atoms with van der Waals surface area (Å²) in [7, 11) is 1.58. The third-order valence-corrected chi connectivity index (χ3v) is 5.71. The van der Waals surface area contributed by atoms with Gasteiger partial charge in [-0.3, -0.25) is 4.98 Å². The normalized spacial score (nSPS) is 13.2. The van der Waals surface area contributed by atoms with Crippen LogP contribution in [0.4, 0.5) is 13.2 Å². The number of methoxy groups -OCH3 is 1. The summed E-state index contributed by atoms with van der Waals surface area (Å²) >= 11 is 1.59. The quantitative estimate of drug-likeness (QED) is 0.457. The highest BCUT2D eigenvalue weighted by atomic mass is 32.1. The zero-order chi connectivity index (χ0) is 20.1. The summed E-state index contributed by atoms with van der Waals surface area (Å²) in [5.74, 6) is 0.651. The molecule has 0 aliphatic heterocycles. The van der Waals surface area contributed by atoms with E-state index >= 15 is 0 Å². The largest absolute Gasteiger partial charge is 0.496 e. The molecule has 28 heavy (non-hydrogen) atoms. The Balaban J connectivity index is 1.98. The number of hydrogen-bond donors (Lipinski definition) is 1. The molecule has 0 fully saturated rings. The van der Waals surface area contributed by atoms with Gasteiger partial charge in [-0.15, -0.1) is 11.3 Å². The summed E-state index contributed by atoms with van der Waals surface area (Å²) in [5.41, 5.74) is 8.73. The molecule has 4 rings (SSSR count). The van der Waals surface area contributed by atoms with Crippen molar-refractivity contribution in [1.29, 1.82) is 0 Å². The van der Waals surface area contributed by atoms with E-state index in [1.807, 2.05) is 30.6 Å². The molecule has 0 bridgehead atoms. The molecule has 7 heteroatoms. The van der Waals surface area contributed by atoms with Gasteiger partial charge in [0.15, 0.2) is 0 Å². The van der Waals surface area contributed by atoms with Crippen molar-refractivity contribution < 1.29 is 17.9 Å². The van der Waals surface area contributed by atoms with E-state index in [4.69, 9.17) is 10.5 Å². The molecule has 0 amide bonds. The maximum atomic E-state index is 12.9. The third kappa shape index (κ3) is 3.00. The Bertz CT molecular complexity index is 1170. The van der Waals surface area contributed by atoms with Crippen LogP contribution in [0.3, 0.4) is 0 Å². The first-order valence-corrected chi connectivity index (χ1v) is 9.45. The van der Waals surface area contributed by atoms with Crippen molar-refractivity contribution in [3.8, 4) is 16.9 Å². The molecule has 2 N–H and O–H groups in total. The van der Waals surface area contributed by atoms with Gasteiger partial charge in [-0.05, 0) is 41.1 Å². The van der Waals surface area contributed by atoms with Crippen LogP contribution in [0.2, 0.25) is 0 Å². The first kappa shape index (κ1) is 18.7. The van der Waals surface area contributed by atoms with Crippen LogP contribution in [0.15, 0.2) is 48.0 Å². The Morgan fingerprint density at radius 3 is 2.50 bits per heavy atom. The number of ether oxygens (including phenoxy) is 1. The topological polar surface area (TPSA) is 48.1 Å². The van der Waals surface area contributed by atoms with Crippen LogP contribution in [0.1, 0.15) is 17.2 Å². The Morgan fingerprint density at radius 2 is 1.86 bits per heavy atom. The van der Waals surface area contributed by atoms with Gasteiger partial charge >= 0.3 is 6.18 Å².